The SMILES string of the molecule is CC(C)(C)NCCC(=O)Nc1nccs1. The van der Waals surface area contributed by atoms with E-state index in [4.69, 9.17) is 0 Å². The van der Waals surface area contributed by atoms with E-state index in [2.05, 4.69) is 36.4 Å². The van der Waals surface area contributed by atoms with Gasteiger partial charge in [0.05, 0.1) is 0 Å². The van der Waals surface area contributed by atoms with Crippen LogP contribution in [0.4, 0.5) is 5.13 Å². The van der Waals surface area contributed by atoms with Crippen molar-refractivity contribution >= 4 is 22.4 Å². The summed E-state index contributed by atoms with van der Waals surface area (Å²) >= 11 is 1.43. The molecule has 0 bridgehead atoms. The van der Waals surface area contributed by atoms with Gasteiger partial charge in [0.1, 0.15) is 0 Å². The Hall–Kier alpha value is -0.940. The molecule has 0 radical (unpaired) electrons. The van der Waals surface area contributed by atoms with Gasteiger partial charge in [-0.05, 0) is 20.8 Å². The molecular formula is C10H17N3OS. The Labute approximate surface area is 94.1 Å². The molecule has 1 heterocycles. The Morgan fingerprint density at radius 3 is 2.80 bits per heavy atom. The minimum absolute atomic E-state index is 0.00157. The van der Waals surface area contributed by atoms with Gasteiger partial charge in [0, 0.05) is 30.1 Å². The first-order valence-electron chi connectivity index (χ1n) is 4.92. The van der Waals surface area contributed by atoms with Crippen molar-refractivity contribution in [2.75, 3.05) is 11.9 Å². The van der Waals surface area contributed by atoms with Crippen molar-refractivity contribution < 1.29 is 4.79 Å². The van der Waals surface area contributed by atoms with Crippen LogP contribution in [0.15, 0.2) is 11.6 Å². The largest absolute Gasteiger partial charge is 0.312 e. The summed E-state index contributed by atoms with van der Waals surface area (Å²) in [6.07, 6.45) is 2.14. The molecule has 0 atom stereocenters. The number of hydrogen-bond acceptors (Lipinski definition) is 4. The van der Waals surface area contributed by atoms with E-state index in [0.717, 1.165) is 0 Å². The number of aromatic nitrogens is 1. The molecule has 1 amide bonds. The smallest absolute Gasteiger partial charge is 0.227 e. The van der Waals surface area contributed by atoms with E-state index in [-0.39, 0.29) is 11.4 Å². The summed E-state index contributed by atoms with van der Waals surface area (Å²) in [5, 5.41) is 8.49. The van der Waals surface area contributed by atoms with Gasteiger partial charge in [-0.3, -0.25) is 4.79 Å². The number of hydrogen-bond donors (Lipinski definition) is 2. The zero-order valence-corrected chi connectivity index (χ0v) is 10.1. The number of carbonyl (C=O) groups excluding carboxylic acids is 1. The molecule has 2 N–H and O–H groups in total. The molecule has 0 saturated heterocycles. The summed E-state index contributed by atoms with van der Waals surface area (Å²) in [4.78, 5) is 15.4. The van der Waals surface area contributed by atoms with Crippen LogP contribution in [-0.2, 0) is 4.79 Å². The number of thiazole rings is 1. The van der Waals surface area contributed by atoms with E-state index < -0.39 is 0 Å². The summed E-state index contributed by atoms with van der Waals surface area (Å²) in [5.41, 5.74) is 0.0570. The molecule has 0 saturated carbocycles. The monoisotopic (exact) mass is 227 g/mol. The third kappa shape index (κ3) is 5.49. The van der Waals surface area contributed by atoms with Gasteiger partial charge < -0.3 is 10.6 Å². The highest BCUT2D eigenvalue weighted by Crippen LogP contribution is 2.10. The normalized spacial score (nSPS) is 11.4. The molecule has 4 nitrogen and oxygen atoms in total. The maximum Gasteiger partial charge on any atom is 0.227 e. The fourth-order valence-corrected chi connectivity index (χ4v) is 1.56. The molecule has 0 aliphatic rings. The quantitative estimate of drug-likeness (QED) is 0.825. The molecule has 0 unspecified atom stereocenters. The van der Waals surface area contributed by atoms with E-state index >= 15 is 0 Å². The Kier molecular flexibility index (Phi) is 4.23. The Morgan fingerprint density at radius 2 is 2.27 bits per heavy atom. The number of nitrogens with one attached hydrogen (secondary N) is 2. The Morgan fingerprint density at radius 1 is 1.53 bits per heavy atom. The van der Waals surface area contributed by atoms with Crippen LogP contribution in [0.2, 0.25) is 0 Å². The second-order valence-electron chi connectivity index (χ2n) is 4.31. The molecule has 1 aromatic rings. The Bertz CT molecular complexity index is 303. The summed E-state index contributed by atoms with van der Waals surface area (Å²) in [5.74, 6) is 0.00157. The molecule has 1 rings (SSSR count). The predicted octanol–water partition coefficient (Wildman–Crippen LogP) is 1.86. The maximum absolute atomic E-state index is 11.4. The van der Waals surface area contributed by atoms with Crippen LogP contribution in [0.1, 0.15) is 27.2 Å². The van der Waals surface area contributed by atoms with Crippen LogP contribution in [0, 0.1) is 0 Å². The standard InChI is InChI=1S/C10H17N3OS/c1-10(2,3)12-5-4-8(14)13-9-11-6-7-15-9/h6-7,12H,4-5H2,1-3H3,(H,11,13,14). The fraction of sp³-hybridized carbons (Fsp3) is 0.600. The second kappa shape index (κ2) is 5.23. The van der Waals surface area contributed by atoms with Gasteiger partial charge in [-0.25, -0.2) is 4.98 Å². The first-order chi connectivity index (χ1) is 6.97. The van der Waals surface area contributed by atoms with E-state index in [1.807, 2.05) is 5.38 Å². The van der Waals surface area contributed by atoms with Crippen LogP contribution < -0.4 is 10.6 Å². The predicted molar refractivity (Wildman–Crippen MR) is 63.1 cm³/mol. The topological polar surface area (TPSA) is 54.0 Å². The third-order valence-electron chi connectivity index (χ3n) is 1.69. The lowest BCUT2D eigenvalue weighted by atomic mass is 10.1. The molecule has 1 aromatic heterocycles. The zero-order chi connectivity index (χ0) is 11.3. The van der Waals surface area contributed by atoms with Gasteiger partial charge in [0.25, 0.3) is 0 Å². The highest BCUT2D eigenvalue weighted by molar-refractivity contribution is 7.13. The van der Waals surface area contributed by atoms with E-state index in [1.54, 1.807) is 6.20 Å². The van der Waals surface area contributed by atoms with Gasteiger partial charge in [0.15, 0.2) is 5.13 Å². The number of amides is 1. The first-order valence-corrected chi connectivity index (χ1v) is 5.80. The molecule has 0 aliphatic heterocycles. The van der Waals surface area contributed by atoms with Crippen molar-refractivity contribution in [3.05, 3.63) is 11.6 Å². The summed E-state index contributed by atoms with van der Waals surface area (Å²) in [7, 11) is 0. The van der Waals surface area contributed by atoms with Crippen molar-refractivity contribution in [2.24, 2.45) is 0 Å². The molecule has 15 heavy (non-hydrogen) atoms. The maximum atomic E-state index is 11.4. The molecule has 0 spiro atoms. The van der Waals surface area contributed by atoms with E-state index in [0.29, 0.717) is 18.1 Å². The van der Waals surface area contributed by atoms with Crippen LogP contribution in [-0.4, -0.2) is 23.0 Å². The van der Waals surface area contributed by atoms with Crippen LogP contribution in [0.5, 0.6) is 0 Å². The van der Waals surface area contributed by atoms with Crippen LogP contribution >= 0.6 is 11.3 Å². The molecular weight excluding hydrogens is 210 g/mol. The molecule has 5 heteroatoms. The van der Waals surface area contributed by atoms with Crippen molar-refractivity contribution in [1.82, 2.24) is 10.3 Å². The van der Waals surface area contributed by atoms with Gasteiger partial charge >= 0.3 is 0 Å². The Balaban J connectivity index is 2.20. The average molecular weight is 227 g/mol. The van der Waals surface area contributed by atoms with Crippen molar-refractivity contribution in [3.63, 3.8) is 0 Å². The van der Waals surface area contributed by atoms with Crippen LogP contribution in [0.3, 0.4) is 0 Å². The summed E-state index contributed by atoms with van der Waals surface area (Å²) in [6.45, 7) is 6.91. The number of anilines is 1. The first kappa shape index (κ1) is 12.1. The summed E-state index contributed by atoms with van der Waals surface area (Å²) < 4.78 is 0. The average Bonchev–Trinajstić information content (AvgIpc) is 2.54. The highest BCUT2D eigenvalue weighted by atomic mass is 32.1. The van der Waals surface area contributed by atoms with Crippen molar-refractivity contribution in [3.8, 4) is 0 Å². The molecule has 0 aromatic carbocycles. The van der Waals surface area contributed by atoms with Gasteiger partial charge in [0.2, 0.25) is 5.91 Å². The van der Waals surface area contributed by atoms with Gasteiger partial charge in [-0.15, -0.1) is 11.3 Å². The number of carbonyl (C=O) groups is 1. The number of rotatable bonds is 4. The lowest BCUT2D eigenvalue weighted by Crippen LogP contribution is -2.37. The van der Waals surface area contributed by atoms with Gasteiger partial charge in [-0.1, -0.05) is 0 Å². The molecule has 0 fully saturated rings. The lowest BCUT2D eigenvalue weighted by Gasteiger charge is -2.19. The zero-order valence-electron chi connectivity index (χ0n) is 9.33. The minimum Gasteiger partial charge on any atom is -0.312 e. The van der Waals surface area contributed by atoms with E-state index in [9.17, 15) is 4.79 Å². The fourth-order valence-electron chi connectivity index (χ4n) is 1.02. The van der Waals surface area contributed by atoms with Crippen LogP contribution in [0.25, 0.3) is 0 Å². The summed E-state index contributed by atoms with van der Waals surface area (Å²) in [6, 6.07) is 0. The third-order valence-corrected chi connectivity index (χ3v) is 2.37. The van der Waals surface area contributed by atoms with Crippen molar-refractivity contribution in [2.45, 2.75) is 32.7 Å². The molecule has 84 valence electrons. The number of nitrogens with zero attached hydrogens (tertiary/aromatic N) is 1. The van der Waals surface area contributed by atoms with Gasteiger partial charge in [-0.2, -0.15) is 0 Å². The minimum atomic E-state index is 0.00157. The highest BCUT2D eigenvalue weighted by Gasteiger charge is 2.09. The second-order valence-corrected chi connectivity index (χ2v) is 5.21. The van der Waals surface area contributed by atoms with E-state index in [1.165, 1.54) is 11.3 Å². The lowest BCUT2D eigenvalue weighted by molar-refractivity contribution is -0.116. The van der Waals surface area contributed by atoms with Crippen molar-refractivity contribution in [1.29, 1.82) is 0 Å². The molecule has 0 aliphatic carbocycles.